The van der Waals surface area contributed by atoms with Crippen LogP contribution >= 0.6 is 0 Å². The molecule has 2 saturated carbocycles. The van der Waals surface area contributed by atoms with Gasteiger partial charge in [0.15, 0.2) is 0 Å². The number of hydrogen-bond donors (Lipinski definition) is 3. The molecule has 2 aromatic carbocycles. The molecule has 0 radical (unpaired) electrons. The van der Waals surface area contributed by atoms with Crippen LogP contribution in [0.1, 0.15) is 107 Å². The second-order valence-corrected chi connectivity index (χ2v) is 15.6. The molecule has 1 heterocycles. The van der Waals surface area contributed by atoms with Crippen molar-refractivity contribution in [2.45, 2.75) is 115 Å². The van der Waals surface area contributed by atoms with Gasteiger partial charge in [-0.2, -0.15) is 0 Å². The van der Waals surface area contributed by atoms with Crippen LogP contribution in [0.2, 0.25) is 0 Å². The van der Waals surface area contributed by atoms with E-state index in [9.17, 15) is 24.5 Å². The first-order chi connectivity index (χ1) is 26.3. The Kier molecular flexibility index (Phi) is 13.9. The smallest absolute Gasteiger partial charge is 0.239 e. The Morgan fingerprint density at radius 1 is 1.06 bits per heavy atom. The summed E-state index contributed by atoms with van der Waals surface area (Å²) in [7, 11) is 0. The van der Waals surface area contributed by atoms with E-state index in [4.69, 9.17) is 19.5 Å². The first-order valence-electron chi connectivity index (χ1n) is 20.3. The minimum Gasteiger partial charge on any atom is -0.508 e. The number of nitrogens with zero attached hydrogens (tertiary/aromatic N) is 2. The topological polar surface area (TPSA) is 121 Å². The number of rotatable bonds is 19. The van der Waals surface area contributed by atoms with Crippen LogP contribution in [0.4, 0.5) is 4.39 Å². The van der Waals surface area contributed by atoms with Crippen molar-refractivity contribution in [3.8, 4) is 11.5 Å². The number of ether oxygens (including phenoxy) is 2. The number of hydrogen-bond acceptors (Lipinski definition) is 8. The number of aromatic hydroxyl groups is 1. The fraction of sp³-hybridized carbons (Fsp3) is 0.591. The number of phenolic OH excluding ortho intramolecular Hbond substituents is 1. The minimum absolute atomic E-state index is 0.0187. The number of aliphatic hydroxyl groups is 2. The molecule has 0 bridgehead atoms. The van der Waals surface area contributed by atoms with Gasteiger partial charge in [0, 0.05) is 44.1 Å². The molecule has 0 spiro atoms. The van der Waals surface area contributed by atoms with Crippen molar-refractivity contribution in [3.05, 3.63) is 83.7 Å². The lowest BCUT2D eigenvalue weighted by Crippen LogP contribution is -2.70. The highest BCUT2D eigenvalue weighted by molar-refractivity contribution is 6.03. The number of oxime groups is 1. The van der Waals surface area contributed by atoms with E-state index in [0.717, 1.165) is 67.4 Å². The first-order valence-corrected chi connectivity index (χ1v) is 20.3. The summed E-state index contributed by atoms with van der Waals surface area (Å²) in [4.78, 5) is 22.5. The fourth-order valence-electron chi connectivity index (χ4n) is 9.73. The van der Waals surface area contributed by atoms with Crippen molar-refractivity contribution in [1.82, 2.24) is 4.90 Å². The Morgan fingerprint density at radius 2 is 1.80 bits per heavy atom. The molecule has 9 nitrogen and oxygen atoms in total. The molecule has 2 fully saturated rings. The van der Waals surface area contributed by atoms with Crippen molar-refractivity contribution in [3.63, 3.8) is 0 Å². The predicted molar refractivity (Wildman–Crippen MR) is 206 cm³/mol. The van der Waals surface area contributed by atoms with E-state index in [1.165, 1.54) is 25.0 Å². The highest BCUT2D eigenvalue weighted by Crippen LogP contribution is 2.62. The van der Waals surface area contributed by atoms with Crippen molar-refractivity contribution in [1.29, 1.82) is 0 Å². The third-order valence-electron chi connectivity index (χ3n) is 12.2. The Balaban J connectivity index is 1.55. The molecule has 1 aliphatic heterocycles. The van der Waals surface area contributed by atoms with E-state index < -0.39 is 17.7 Å². The average Bonchev–Trinajstić information content (AvgIpc) is 3.71. The first kappa shape index (κ1) is 39.9. The molecule has 54 heavy (non-hydrogen) atoms. The lowest BCUT2D eigenvalue weighted by Gasteiger charge is -2.60. The molecule has 0 saturated heterocycles. The maximum Gasteiger partial charge on any atom is 0.239 e. The number of fused-ring (bicyclic) bond motifs is 2. The molecule has 10 heteroatoms. The van der Waals surface area contributed by atoms with Crippen LogP contribution in [-0.4, -0.2) is 70.1 Å². The van der Waals surface area contributed by atoms with E-state index in [-0.39, 0.29) is 61.6 Å². The Bertz CT molecular complexity index is 1620. The quantitative estimate of drug-likeness (QED) is 0.0754. The molecule has 2 aromatic rings. The van der Waals surface area contributed by atoms with Crippen LogP contribution in [0.25, 0.3) is 0 Å². The van der Waals surface area contributed by atoms with Gasteiger partial charge in [-0.1, -0.05) is 68.0 Å². The van der Waals surface area contributed by atoms with Gasteiger partial charge in [-0.3, -0.25) is 4.79 Å². The van der Waals surface area contributed by atoms with Gasteiger partial charge < -0.3 is 34.5 Å². The Labute approximate surface area is 319 Å². The van der Waals surface area contributed by atoms with Gasteiger partial charge in [-0.25, -0.2) is 4.39 Å². The van der Waals surface area contributed by atoms with Gasteiger partial charge >= 0.3 is 0 Å². The number of amides is 1. The summed E-state index contributed by atoms with van der Waals surface area (Å²) in [5, 5.41) is 35.3. The van der Waals surface area contributed by atoms with Gasteiger partial charge in [0.25, 0.3) is 0 Å². The number of carbonyl (C=O) groups excluding carboxylic acids is 1. The minimum atomic E-state index is -1.38. The molecule has 6 unspecified atom stereocenters. The van der Waals surface area contributed by atoms with Crippen molar-refractivity contribution in [2.75, 3.05) is 26.4 Å². The maximum absolute atomic E-state index is 14.8. The van der Waals surface area contributed by atoms with Gasteiger partial charge in [0.2, 0.25) is 11.7 Å². The summed E-state index contributed by atoms with van der Waals surface area (Å²) in [6, 6.07) is 10.9. The van der Waals surface area contributed by atoms with Crippen LogP contribution in [0.5, 0.6) is 11.5 Å². The summed E-state index contributed by atoms with van der Waals surface area (Å²) in [5.74, 6) is -0.994. The van der Waals surface area contributed by atoms with Crippen LogP contribution in [0, 0.1) is 29.5 Å². The number of halogens is 1. The zero-order valence-electron chi connectivity index (χ0n) is 31.8. The van der Waals surface area contributed by atoms with E-state index in [1.54, 1.807) is 36.4 Å². The molecule has 3 N–H and O–H groups in total. The zero-order chi connectivity index (χ0) is 38.1. The summed E-state index contributed by atoms with van der Waals surface area (Å²) in [5.41, 5.74) is 3.35. The van der Waals surface area contributed by atoms with Crippen LogP contribution in [0.3, 0.4) is 0 Å². The summed E-state index contributed by atoms with van der Waals surface area (Å²) in [6.45, 7) is 6.86. The molecule has 6 atom stereocenters. The number of phenols is 1. The summed E-state index contributed by atoms with van der Waals surface area (Å²) in [6.07, 6.45) is 14.8. The molecule has 1 amide bonds. The van der Waals surface area contributed by atoms with Gasteiger partial charge in [0.05, 0.1) is 18.2 Å². The van der Waals surface area contributed by atoms with Crippen molar-refractivity contribution in [2.24, 2.45) is 28.8 Å². The maximum atomic E-state index is 14.8. The Hall–Kier alpha value is -3.73. The third kappa shape index (κ3) is 8.71. The zero-order valence-corrected chi connectivity index (χ0v) is 31.8. The average molecular weight is 747 g/mol. The van der Waals surface area contributed by atoms with Gasteiger partial charge in [-0.15, -0.1) is 6.58 Å². The molecule has 3 aliphatic carbocycles. The Morgan fingerprint density at radius 3 is 2.50 bits per heavy atom. The van der Waals surface area contributed by atoms with Crippen molar-refractivity contribution >= 4 is 11.6 Å². The molecule has 6 rings (SSSR count). The highest BCUT2D eigenvalue weighted by atomic mass is 19.1. The highest BCUT2D eigenvalue weighted by Gasteiger charge is 2.65. The number of carbonyl (C=O) groups is 1. The second-order valence-electron chi connectivity index (χ2n) is 15.6. The largest absolute Gasteiger partial charge is 0.508 e. The fourth-order valence-corrected chi connectivity index (χ4v) is 9.73. The van der Waals surface area contributed by atoms with E-state index in [1.807, 2.05) is 11.8 Å². The molecule has 0 aromatic heterocycles. The molecular formula is C44H59FN2O7. The second kappa shape index (κ2) is 18.7. The van der Waals surface area contributed by atoms with Gasteiger partial charge in [0.1, 0.15) is 30.0 Å². The standard InChI is InChI=1S/C44H59FN2O7/c1-3-25-52-44-40(47(29-31-15-18-33(45)19-16-31)41(51)22-17-30-11-5-6-12-30)28-38(46-53-4-2)36-26-32(13-7-9-23-48)35(14-8-10-24-49)42(43(36)44)37-27-34(50)20-21-39(37)54-44/h3,15-16,18-21,26-27,30,32,35,40,42-43,48-50H,1,4-14,17,22-25,28-29H2,2H3. The SMILES string of the molecule is C=CCOC12Oc3ccc(O)cc3C3C(CCCCO)C(CCCCO)C=C(C(=NOCC)CC1N(Cc1ccc(F)cc1)C(=O)CCC1CCCC1)C32. The lowest BCUT2D eigenvalue weighted by molar-refractivity contribution is -0.258. The van der Waals surface area contributed by atoms with E-state index >= 15 is 0 Å². The van der Waals surface area contributed by atoms with E-state index in [2.05, 4.69) is 12.7 Å². The summed E-state index contributed by atoms with van der Waals surface area (Å²) < 4.78 is 28.4. The van der Waals surface area contributed by atoms with Crippen LogP contribution < -0.4 is 4.74 Å². The number of aliphatic hydroxyl groups excluding tert-OH is 2. The summed E-state index contributed by atoms with van der Waals surface area (Å²) >= 11 is 0. The normalized spacial score (nSPS) is 26.8. The monoisotopic (exact) mass is 746 g/mol. The third-order valence-corrected chi connectivity index (χ3v) is 12.2. The molecular weight excluding hydrogens is 687 g/mol. The van der Waals surface area contributed by atoms with Crippen molar-refractivity contribution < 1.29 is 38.8 Å². The lowest BCUT2D eigenvalue weighted by atomic mass is 9.55. The molecule has 4 aliphatic rings. The van der Waals surface area contributed by atoms with Crippen LogP contribution in [-0.2, 0) is 20.9 Å². The number of allylic oxidation sites excluding steroid dienone is 1. The number of unbranched alkanes of at least 4 members (excludes halogenated alkanes) is 2. The predicted octanol–water partition coefficient (Wildman–Crippen LogP) is 8.18. The molecule has 294 valence electrons. The van der Waals surface area contributed by atoms with Gasteiger partial charge in [-0.05, 0) is 98.2 Å². The number of benzene rings is 2. The van der Waals surface area contributed by atoms with E-state index in [0.29, 0.717) is 44.0 Å². The van der Waals surface area contributed by atoms with Crippen LogP contribution in [0.15, 0.2) is 71.9 Å².